The standard InChI is InChI=1S/C14H15N5OS/c1-19(9-11-6-15-14(20-2)16-7-11)8-10-3-4-12-13(5-10)18-21-17-12/h3-7H,8-9H2,1-2H3. The second-order valence-corrected chi connectivity index (χ2v) is 5.37. The van der Waals surface area contributed by atoms with Crippen LogP contribution in [0.1, 0.15) is 11.1 Å². The minimum absolute atomic E-state index is 0.392. The third-order valence-corrected chi connectivity index (χ3v) is 3.64. The van der Waals surface area contributed by atoms with Crippen LogP contribution in [0.15, 0.2) is 30.6 Å². The van der Waals surface area contributed by atoms with Crippen LogP contribution < -0.4 is 4.74 Å². The summed E-state index contributed by atoms with van der Waals surface area (Å²) < 4.78 is 13.4. The average molecular weight is 301 g/mol. The molecule has 0 saturated heterocycles. The molecule has 0 saturated carbocycles. The van der Waals surface area contributed by atoms with E-state index in [1.54, 1.807) is 19.5 Å². The molecule has 0 aliphatic rings. The van der Waals surface area contributed by atoms with Gasteiger partial charge in [-0.15, -0.1) is 0 Å². The Hall–Kier alpha value is -2.12. The molecule has 1 aromatic carbocycles. The Bertz CT molecular complexity index is 728. The Morgan fingerprint density at radius 2 is 1.76 bits per heavy atom. The Morgan fingerprint density at radius 3 is 2.52 bits per heavy atom. The second-order valence-electron chi connectivity index (χ2n) is 4.84. The average Bonchev–Trinajstić information content (AvgIpc) is 2.95. The number of nitrogens with zero attached hydrogens (tertiary/aromatic N) is 5. The van der Waals surface area contributed by atoms with Crippen molar-refractivity contribution in [1.82, 2.24) is 23.6 Å². The first-order valence-electron chi connectivity index (χ1n) is 6.49. The molecule has 3 aromatic rings. The summed E-state index contributed by atoms with van der Waals surface area (Å²) in [6.45, 7) is 1.61. The predicted molar refractivity (Wildman–Crippen MR) is 81.2 cm³/mol. The van der Waals surface area contributed by atoms with Crippen molar-refractivity contribution in [3.63, 3.8) is 0 Å². The highest BCUT2D eigenvalue weighted by atomic mass is 32.1. The van der Waals surface area contributed by atoms with Gasteiger partial charge < -0.3 is 4.74 Å². The van der Waals surface area contributed by atoms with Crippen LogP contribution in [-0.2, 0) is 13.1 Å². The van der Waals surface area contributed by atoms with E-state index in [1.807, 2.05) is 6.07 Å². The van der Waals surface area contributed by atoms with E-state index in [4.69, 9.17) is 4.74 Å². The normalized spacial score (nSPS) is 11.2. The first-order valence-corrected chi connectivity index (χ1v) is 7.22. The number of aromatic nitrogens is 4. The minimum Gasteiger partial charge on any atom is -0.467 e. The highest BCUT2D eigenvalue weighted by molar-refractivity contribution is 7.00. The van der Waals surface area contributed by atoms with Gasteiger partial charge in [-0.2, -0.15) is 8.75 Å². The topological polar surface area (TPSA) is 64.0 Å². The van der Waals surface area contributed by atoms with Crippen molar-refractivity contribution in [2.75, 3.05) is 14.2 Å². The Balaban J connectivity index is 1.65. The molecule has 0 spiro atoms. The number of hydrogen-bond acceptors (Lipinski definition) is 7. The van der Waals surface area contributed by atoms with Gasteiger partial charge in [-0.1, -0.05) is 6.07 Å². The number of fused-ring (bicyclic) bond motifs is 1. The summed E-state index contributed by atoms with van der Waals surface area (Å²) in [5.41, 5.74) is 4.18. The van der Waals surface area contributed by atoms with Crippen molar-refractivity contribution in [3.8, 4) is 6.01 Å². The van der Waals surface area contributed by atoms with E-state index in [0.29, 0.717) is 6.01 Å². The van der Waals surface area contributed by atoms with Crippen LogP contribution >= 0.6 is 11.7 Å². The highest BCUT2D eigenvalue weighted by Crippen LogP contribution is 2.15. The lowest BCUT2D eigenvalue weighted by Crippen LogP contribution is -2.17. The third-order valence-electron chi connectivity index (χ3n) is 3.09. The Kier molecular flexibility index (Phi) is 4.03. The molecule has 7 heteroatoms. The zero-order chi connectivity index (χ0) is 14.7. The van der Waals surface area contributed by atoms with Gasteiger partial charge in [0, 0.05) is 31.0 Å². The van der Waals surface area contributed by atoms with Gasteiger partial charge >= 0.3 is 6.01 Å². The molecule has 0 unspecified atom stereocenters. The SMILES string of the molecule is COc1ncc(CN(C)Cc2ccc3nsnc3c2)cn1. The number of methoxy groups -OCH3 is 1. The number of benzene rings is 1. The summed E-state index contributed by atoms with van der Waals surface area (Å²) in [6, 6.07) is 6.58. The molecule has 0 N–H and O–H groups in total. The van der Waals surface area contributed by atoms with Crippen LogP contribution in [0.25, 0.3) is 11.0 Å². The van der Waals surface area contributed by atoms with Gasteiger partial charge in [0.1, 0.15) is 11.0 Å². The van der Waals surface area contributed by atoms with Crippen LogP contribution in [0.4, 0.5) is 0 Å². The molecular formula is C14H15N5OS. The van der Waals surface area contributed by atoms with Crippen molar-refractivity contribution in [1.29, 1.82) is 0 Å². The van der Waals surface area contributed by atoms with Crippen molar-refractivity contribution in [3.05, 3.63) is 41.7 Å². The lowest BCUT2D eigenvalue weighted by molar-refractivity contribution is 0.317. The molecule has 0 radical (unpaired) electrons. The maximum absolute atomic E-state index is 4.96. The summed E-state index contributed by atoms with van der Waals surface area (Å²) >= 11 is 1.24. The molecule has 0 aliphatic heterocycles. The molecule has 0 bridgehead atoms. The van der Waals surface area contributed by atoms with Crippen LogP contribution in [0.2, 0.25) is 0 Å². The zero-order valence-electron chi connectivity index (χ0n) is 11.9. The van der Waals surface area contributed by atoms with Gasteiger partial charge in [-0.25, -0.2) is 9.97 Å². The van der Waals surface area contributed by atoms with Gasteiger partial charge in [-0.05, 0) is 24.7 Å². The van der Waals surface area contributed by atoms with Crippen molar-refractivity contribution >= 4 is 22.8 Å². The first-order chi connectivity index (χ1) is 10.2. The predicted octanol–water partition coefficient (Wildman–Crippen LogP) is 2.12. The molecule has 21 heavy (non-hydrogen) atoms. The van der Waals surface area contributed by atoms with Gasteiger partial charge in [-0.3, -0.25) is 4.90 Å². The number of hydrogen-bond donors (Lipinski definition) is 0. The van der Waals surface area contributed by atoms with Gasteiger partial charge in [0.25, 0.3) is 0 Å². The third kappa shape index (κ3) is 3.32. The maximum Gasteiger partial charge on any atom is 0.316 e. The Morgan fingerprint density at radius 1 is 1.05 bits per heavy atom. The second kappa shape index (κ2) is 6.11. The summed E-state index contributed by atoms with van der Waals surface area (Å²) in [5, 5.41) is 0. The summed E-state index contributed by atoms with van der Waals surface area (Å²) in [5.74, 6) is 0. The lowest BCUT2D eigenvalue weighted by Gasteiger charge is -2.16. The van der Waals surface area contributed by atoms with Gasteiger partial charge in [0.05, 0.1) is 18.8 Å². The molecule has 0 atom stereocenters. The van der Waals surface area contributed by atoms with E-state index >= 15 is 0 Å². The van der Waals surface area contributed by atoms with E-state index in [-0.39, 0.29) is 0 Å². The van der Waals surface area contributed by atoms with Crippen LogP contribution in [0, 0.1) is 0 Å². The molecular weight excluding hydrogens is 286 g/mol. The largest absolute Gasteiger partial charge is 0.467 e. The molecule has 0 amide bonds. The molecule has 3 rings (SSSR count). The molecule has 6 nitrogen and oxygen atoms in total. The molecule has 0 fully saturated rings. The molecule has 2 aromatic heterocycles. The fraction of sp³-hybridized carbons (Fsp3) is 0.286. The van der Waals surface area contributed by atoms with Crippen LogP contribution in [0.3, 0.4) is 0 Å². The van der Waals surface area contributed by atoms with E-state index in [0.717, 1.165) is 29.7 Å². The monoisotopic (exact) mass is 301 g/mol. The quantitative estimate of drug-likeness (QED) is 0.719. The first kappa shape index (κ1) is 13.8. The maximum atomic E-state index is 4.96. The van der Waals surface area contributed by atoms with E-state index < -0.39 is 0 Å². The highest BCUT2D eigenvalue weighted by Gasteiger charge is 2.05. The zero-order valence-corrected chi connectivity index (χ0v) is 12.7. The number of ether oxygens (including phenoxy) is 1. The molecule has 2 heterocycles. The van der Waals surface area contributed by atoms with Crippen LogP contribution in [0.5, 0.6) is 6.01 Å². The van der Waals surface area contributed by atoms with E-state index in [9.17, 15) is 0 Å². The summed E-state index contributed by atoms with van der Waals surface area (Å²) in [4.78, 5) is 10.4. The fourth-order valence-corrected chi connectivity index (χ4v) is 2.65. The van der Waals surface area contributed by atoms with Gasteiger partial charge in [0.15, 0.2) is 0 Å². The van der Waals surface area contributed by atoms with E-state index in [2.05, 4.69) is 42.8 Å². The molecule has 108 valence electrons. The van der Waals surface area contributed by atoms with E-state index in [1.165, 1.54) is 17.3 Å². The summed E-state index contributed by atoms with van der Waals surface area (Å²) in [6.07, 6.45) is 3.58. The minimum atomic E-state index is 0.392. The van der Waals surface area contributed by atoms with Gasteiger partial charge in [0.2, 0.25) is 0 Å². The smallest absolute Gasteiger partial charge is 0.316 e. The van der Waals surface area contributed by atoms with Crippen molar-refractivity contribution in [2.24, 2.45) is 0 Å². The van der Waals surface area contributed by atoms with Crippen molar-refractivity contribution < 1.29 is 4.74 Å². The summed E-state index contributed by atoms with van der Waals surface area (Å²) in [7, 11) is 3.62. The fourth-order valence-electron chi connectivity index (χ4n) is 2.14. The van der Waals surface area contributed by atoms with Crippen LogP contribution in [-0.4, -0.2) is 37.8 Å². The Labute approximate surface area is 126 Å². The van der Waals surface area contributed by atoms with Crippen molar-refractivity contribution in [2.45, 2.75) is 13.1 Å². The lowest BCUT2D eigenvalue weighted by atomic mass is 10.2. The number of rotatable bonds is 5. The molecule has 0 aliphatic carbocycles.